The lowest BCUT2D eigenvalue weighted by Crippen LogP contribution is -2.26. The molecule has 5 nitrogen and oxygen atoms in total. The first-order valence-electron chi connectivity index (χ1n) is 6.73. The molecular weight excluding hydrogens is 290 g/mol. The highest BCUT2D eigenvalue weighted by Gasteiger charge is 2.33. The van der Waals surface area contributed by atoms with E-state index in [1.54, 1.807) is 19.5 Å². The molecule has 0 bridgehead atoms. The molecule has 1 saturated heterocycles. The largest absolute Gasteiger partial charge is 0.497 e. The van der Waals surface area contributed by atoms with Gasteiger partial charge in [0.25, 0.3) is 0 Å². The zero-order valence-corrected chi connectivity index (χ0v) is 12.4. The van der Waals surface area contributed by atoms with Gasteiger partial charge in [0, 0.05) is 6.54 Å². The van der Waals surface area contributed by atoms with Crippen LogP contribution in [0, 0.1) is 0 Å². The third kappa shape index (κ3) is 2.94. The van der Waals surface area contributed by atoms with Crippen LogP contribution in [0.3, 0.4) is 0 Å². The Bertz CT molecular complexity index is 621. The molecule has 1 N–H and O–H groups in total. The number of nitrogens with zero attached hydrogens (tertiary/aromatic N) is 3. The van der Waals surface area contributed by atoms with Crippen LogP contribution in [0.15, 0.2) is 36.7 Å². The van der Waals surface area contributed by atoms with E-state index in [1.807, 2.05) is 29.2 Å². The van der Waals surface area contributed by atoms with Crippen molar-refractivity contribution in [2.45, 2.75) is 18.6 Å². The van der Waals surface area contributed by atoms with E-state index in [2.05, 4.69) is 9.97 Å². The number of anilines is 1. The molecule has 0 spiro atoms. The number of hydrogen-bond acceptors (Lipinski definition) is 5. The van der Waals surface area contributed by atoms with Crippen molar-refractivity contribution >= 4 is 17.5 Å². The summed E-state index contributed by atoms with van der Waals surface area (Å²) in [4.78, 5) is 10.5. The molecular formula is C15H16ClN3O2. The molecule has 1 aliphatic heterocycles. The van der Waals surface area contributed by atoms with Gasteiger partial charge in [0.1, 0.15) is 5.75 Å². The minimum Gasteiger partial charge on any atom is -0.497 e. The molecule has 1 aliphatic rings. The number of aliphatic hydroxyl groups is 1. The first-order chi connectivity index (χ1) is 10.2. The number of hydrogen-bond donors (Lipinski definition) is 1. The van der Waals surface area contributed by atoms with Crippen molar-refractivity contribution in [3.05, 3.63) is 47.2 Å². The lowest BCUT2D eigenvalue weighted by atomic mass is 10.0. The number of aromatic nitrogens is 2. The van der Waals surface area contributed by atoms with Crippen LogP contribution in [0.25, 0.3) is 0 Å². The summed E-state index contributed by atoms with van der Waals surface area (Å²) in [6, 6.07) is 7.87. The van der Waals surface area contributed by atoms with E-state index in [0.29, 0.717) is 23.9 Å². The smallest absolute Gasteiger partial charge is 0.225 e. The van der Waals surface area contributed by atoms with Crippen LogP contribution < -0.4 is 9.64 Å². The molecule has 0 saturated carbocycles. The summed E-state index contributed by atoms with van der Waals surface area (Å²) in [5.41, 5.74) is 1.07. The standard InChI is InChI=1S/C15H16ClN3O2/c1-21-13-4-2-3-10(5-13)14-6-12(20)9-19(14)15-17-7-11(16)8-18-15/h2-5,7-8,12,14,20H,6,9H2,1H3/t12-,14-/m1/s1. The van der Waals surface area contributed by atoms with Crippen LogP contribution >= 0.6 is 11.6 Å². The second-order valence-corrected chi connectivity index (χ2v) is 5.47. The van der Waals surface area contributed by atoms with Gasteiger partial charge in [-0.2, -0.15) is 0 Å². The number of methoxy groups -OCH3 is 1. The fourth-order valence-electron chi connectivity index (χ4n) is 2.65. The lowest BCUT2D eigenvalue weighted by Gasteiger charge is -2.24. The van der Waals surface area contributed by atoms with E-state index >= 15 is 0 Å². The fraction of sp³-hybridized carbons (Fsp3) is 0.333. The van der Waals surface area contributed by atoms with Gasteiger partial charge in [-0.05, 0) is 24.1 Å². The van der Waals surface area contributed by atoms with E-state index in [4.69, 9.17) is 16.3 Å². The maximum Gasteiger partial charge on any atom is 0.225 e. The second kappa shape index (κ2) is 5.87. The second-order valence-electron chi connectivity index (χ2n) is 5.04. The Labute approximate surface area is 128 Å². The van der Waals surface area contributed by atoms with E-state index in [1.165, 1.54) is 0 Å². The van der Waals surface area contributed by atoms with Gasteiger partial charge >= 0.3 is 0 Å². The number of benzene rings is 1. The van der Waals surface area contributed by atoms with Crippen LogP contribution in [0.4, 0.5) is 5.95 Å². The van der Waals surface area contributed by atoms with Gasteiger partial charge in [0.05, 0.1) is 36.7 Å². The number of halogens is 1. The van der Waals surface area contributed by atoms with Crippen molar-refractivity contribution < 1.29 is 9.84 Å². The Kier molecular flexibility index (Phi) is 3.94. The van der Waals surface area contributed by atoms with Gasteiger partial charge in [-0.15, -0.1) is 0 Å². The van der Waals surface area contributed by atoms with Gasteiger partial charge in [0.2, 0.25) is 5.95 Å². The van der Waals surface area contributed by atoms with Gasteiger partial charge in [-0.3, -0.25) is 0 Å². The topological polar surface area (TPSA) is 58.5 Å². The number of β-amino-alcohol motifs (C(OH)–C–C–N with tert-alkyl or cyclic N) is 1. The zero-order chi connectivity index (χ0) is 14.8. The minimum absolute atomic E-state index is 0.0243. The van der Waals surface area contributed by atoms with Crippen LogP contribution in [-0.2, 0) is 0 Å². The first kappa shape index (κ1) is 14.1. The summed E-state index contributed by atoms with van der Waals surface area (Å²) in [7, 11) is 1.64. The van der Waals surface area contributed by atoms with Crippen molar-refractivity contribution in [2.24, 2.45) is 0 Å². The lowest BCUT2D eigenvalue weighted by molar-refractivity contribution is 0.194. The summed E-state index contributed by atoms with van der Waals surface area (Å²) < 4.78 is 5.27. The average Bonchev–Trinajstić information content (AvgIpc) is 2.90. The molecule has 3 rings (SSSR count). The Morgan fingerprint density at radius 3 is 2.81 bits per heavy atom. The highest BCUT2D eigenvalue weighted by molar-refractivity contribution is 6.30. The van der Waals surface area contributed by atoms with Crippen LogP contribution in [0.2, 0.25) is 5.02 Å². The number of rotatable bonds is 3. The summed E-state index contributed by atoms with van der Waals surface area (Å²) >= 11 is 5.83. The van der Waals surface area contributed by atoms with Crippen molar-refractivity contribution in [3.63, 3.8) is 0 Å². The van der Waals surface area contributed by atoms with Gasteiger partial charge in [-0.25, -0.2) is 9.97 Å². The van der Waals surface area contributed by atoms with Gasteiger partial charge in [-0.1, -0.05) is 23.7 Å². The maximum atomic E-state index is 10.0. The highest BCUT2D eigenvalue weighted by atomic mass is 35.5. The number of aliphatic hydroxyl groups excluding tert-OH is 1. The van der Waals surface area contributed by atoms with Gasteiger partial charge < -0.3 is 14.7 Å². The minimum atomic E-state index is -0.402. The summed E-state index contributed by atoms with van der Waals surface area (Å²) in [6.07, 6.45) is 3.37. The van der Waals surface area contributed by atoms with Crippen molar-refractivity contribution in [1.82, 2.24) is 9.97 Å². The van der Waals surface area contributed by atoms with E-state index in [9.17, 15) is 5.11 Å². The molecule has 2 aromatic rings. The van der Waals surface area contributed by atoms with Crippen molar-refractivity contribution in [1.29, 1.82) is 0 Å². The Hall–Kier alpha value is -1.85. The van der Waals surface area contributed by atoms with Crippen molar-refractivity contribution in [3.8, 4) is 5.75 Å². The SMILES string of the molecule is COc1cccc([C@H]2C[C@@H](O)CN2c2ncc(Cl)cn2)c1. The molecule has 2 heterocycles. The van der Waals surface area contributed by atoms with Crippen LogP contribution in [0.5, 0.6) is 5.75 Å². The molecule has 110 valence electrons. The van der Waals surface area contributed by atoms with Crippen LogP contribution in [-0.4, -0.2) is 34.8 Å². The molecule has 1 fully saturated rings. The molecule has 0 amide bonds. The molecule has 0 radical (unpaired) electrons. The Morgan fingerprint density at radius 1 is 1.33 bits per heavy atom. The monoisotopic (exact) mass is 305 g/mol. The van der Waals surface area contributed by atoms with E-state index in [0.717, 1.165) is 11.3 Å². The average molecular weight is 306 g/mol. The van der Waals surface area contributed by atoms with Crippen LogP contribution in [0.1, 0.15) is 18.0 Å². The number of ether oxygens (including phenoxy) is 1. The zero-order valence-electron chi connectivity index (χ0n) is 11.6. The molecule has 6 heteroatoms. The highest BCUT2D eigenvalue weighted by Crippen LogP contribution is 2.35. The third-order valence-corrected chi connectivity index (χ3v) is 3.82. The van der Waals surface area contributed by atoms with Gasteiger partial charge in [0.15, 0.2) is 0 Å². The maximum absolute atomic E-state index is 10.0. The first-order valence-corrected chi connectivity index (χ1v) is 7.11. The predicted molar refractivity (Wildman–Crippen MR) is 80.7 cm³/mol. The van der Waals surface area contributed by atoms with E-state index < -0.39 is 6.10 Å². The Morgan fingerprint density at radius 2 is 2.10 bits per heavy atom. The molecule has 0 aliphatic carbocycles. The molecule has 21 heavy (non-hydrogen) atoms. The van der Waals surface area contributed by atoms with E-state index in [-0.39, 0.29) is 6.04 Å². The predicted octanol–water partition coefficient (Wildman–Crippen LogP) is 2.45. The molecule has 1 aromatic carbocycles. The molecule has 1 aromatic heterocycles. The quantitative estimate of drug-likeness (QED) is 0.944. The molecule has 2 atom stereocenters. The summed E-state index contributed by atoms with van der Waals surface area (Å²) in [5.74, 6) is 1.37. The Balaban J connectivity index is 1.93. The summed E-state index contributed by atoms with van der Waals surface area (Å²) in [5, 5.41) is 10.5. The fourth-order valence-corrected chi connectivity index (χ4v) is 2.75. The normalized spacial score (nSPS) is 21.6. The third-order valence-electron chi connectivity index (χ3n) is 3.62. The van der Waals surface area contributed by atoms with Crippen molar-refractivity contribution in [2.75, 3.05) is 18.6 Å². The summed E-state index contributed by atoms with van der Waals surface area (Å²) in [6.45, 7) is 0.503. The molecule has 0 unspecified atom stereocenters.